The van der Waals surface area contributed by atoms with Crippen LogP contribution in [0.2, 0.25) is 0 Å². The SMILES string of the molecule is N#Cc1cc(Nc2ncc3c(n2)CCCC/C3=N/O)cs1. The molecular formula is C14H13N5OS. The van der Waals surface area contributed by atoms with E-state index in [1.807, 2.05) is 5.38 Å². The monoisotopic (exact) mass is 299 g/mol. The minimum atomic E-state index is 0.496. The minimum Gasteiger partial charge on any atom is -0.411 e. The summed E-state index contributed by atoms with van der Waals surface area (Å²) >= 11 is 1.37. The predicted molar refractivity (Wildman–Crippen MR) is 80.2 cm³/mol. The van der Waals surface area contributed by atoms with Crippen molar-refractivity contribution in [3.05, 3.63) is 33.8 Å². The number of aryl methyl sites for hydroxylation is 1. The summed E-state index contributed by atoms with van der Waals surface area (Å²) in [6, 6.07) is 3.86. The number of aromatic nitrogens is 2. The number of hydrogen-bond donors (Lipinski definition) is 2. The van der Waals surface area contributed by atoms with Gasteiger partial charge in [-0.2, -0.15) is 5.26 Å². The van der Waals surface area contributed by atoms with E-state index in [9.17, 15) is 0 Å². The molecule has 0 saturated carbocycles. The van der Waals surface area contributed by atoms with Gasteiger partial charge in [0.15, 0.2) is 0 Å². The molecule has 2 heterocycles. The second-order valence-electron chi connectivity index (χ2n) is 4.74. The minimum absolute atomic E-state index is 0.496. The number of thiophene rings is 1. The third-order valence-corrected chi connectivity index (χ3v) is 4.18. The van der Waals surface area contributed by atoms with Gasteiger partial charge in [-0.3, -0.25) is 0 Å². The number of fused-ring (bicyclic) bond motifs is 1. The molecule has 0 amide bonds. The summed E-state index contributed by atoms with van der Waals surface area (Å²) in [5, 5.41) is 26.2. The largest absolute Gasteiger partial charge is 0.411 e. The molecule has 0 unspecified atom stereocenters. The van der Waals surface area contributed by atoms with Crippen molar-refractivity contribution in [2.75, 3.05) is 5.32 Å². The highest BCUT2D eigenvalue weighted by molar-refractivity contribution is 7.11. The lowest BCUT2D eigenvalue weighted by molar-refractivity contribution is 0.318. The first-order valence-electron chi connectivity index (χ1n) is 6.63. The van der Waals surface area contributed by atoms with E-state index in [0.29, 0.717) is 16.5 Å². The molecule has 6 nitrogen and oxygen atoms in total. The van der Waals surface area contributed by atoms with Gasteiger partial charge in [-0.25, -0.2) is 9.97 Å². The van der Waals surface area contributed by atoms with Gasteiger partial charge in [0.2, 0.25) is 5.95 Å². The lowest BCUT2D eigenvalue weighted by Crippen LogP contribution is -2.07. The van der Waals surface area contributed by atoms with Gasteiger partial charge in [0, 0.05) is 17.1 Å². The fraction of sp³-hybridized carbons (Fsp3) is 0.286. The van der Waals surface area contributed by atoms with Crippen molar-refractivity contribution < 1.29 is 5.21 Å². The molecule has 1 aliphatic carbocycles. The van der Waals surface area contributed by atoms with Crippen LogP contribution in [0.1, 0.15) is 35.4 Å². The highest BCUT2D eigenvalue weighted by atomic mass is 32.1. The molecule has 0 atom stereocenters. The number of oxime groups is 1. The summed E-state index contributed by atoms with van der Waals surface area (Å²) in [4.78, 5) is 9.42. The number of nitrogens with one attached hydrogen (secondary N) is 1. The quantitative estimate of drug-likeness (QED) is 0.505. The van der Waals surface area contributed by atoms with Gasteiger partial charge in [-0.1, -0.05) is 5.16 Å². The Hall–Kier alpha value is -2.46. The third kappa shape index (κ3) is 2.85. The average Bonchev–Trinajstić information content (AvgIpc) is 2.86. The summed E-state index contributed by atoms with van der Waals surface area (Å²) < 4.78 is 0. The van der Waals surface area contributed by atoms with Crippen LogP contribution in [0.5, 0.6) is 0 Å². The summed E-state index contributed by atoms with van der Waals surface area (Å²) in [5.74, 6) is 0.496. The van der Waals surface area contributed by atoms with Gasteiger partial charge >= 0.3 is 0 Å². The Morgan fingerprint density at radius 2 is 2.24 bits per heavy atom. The van der Waals surface area contributed by atoms with E-state index in [1.54, 1.807) is 12.3 Å². The Morgan fingerprint density at radius 1 is 1.38 bits per heavy atom. The smallest absolute Gasteiger partial charge is 0.227 e. The Labute approximate surface area is 125 Å². The summed E-state index contributed by atoms with van der Waals surface area (Å²) in [5.41, 5.74) is 3.18. The van der Waals surface area contributed by atoms with Crippen molar-refractivity contribution in [2.45, 2.75) is 25.7 Å². The molecule has 0 radical (unpaired) electrons. The first kappa shape index (κ1) is 13.5. The summed E-state index contributed by atoms with van der Waals surface area (Å²) in [6.45, 7) is 0. The highest BCUT2D eigenvalue weighted by Crippen LogP contribution is 2.23. The summed E-state index contributed by atoms with van der Waals surface area (Å²) in [7, 11) is 0. The molecule has 106 valence electrons. The second kappa shape index (κ2) is 5.89. The Bertz CT molecular complexity index is 731. The van der Waals surface area contributed by atoms with Gasteiger partial charge in [0.05, 0.1) is 17.1 Å². The van der Waals surface area contributed by atoms with Crippen LogP contribution >= 0.6 is 11.3 Å². The van der Waals surface area contributed by atoms with Crippen LogP contribution in [0.25, 0.3) is 0 Å². The molecule has 0 bridgehead atoms. The fourth-order valence-electron chi connectivity index (χ4n) is 2.32. The van der Waals surface area contributed by atoms with Crippen molar-refractivity contribution in [1.82, 2.24) is 9.97 Å². The zero-order valence-electron chi connectivity index (χ0n) is 11.2. The molecule has 0 aliphatic heterocycles. The van der Waals surface area contributed by atoms with Crippen LogP contribution in [0, 0.1) is 11.3 Å². The van der Waals surface area contributed by atoms with Crippen LogP contribution in [0.3, 0.4) is 0 Å². The van der Waals surface area contributed by atoms with E-state index in [2.05, 4.69) is 26.5 Å². The van der Waals surface area contributed by atoms with Crippen LogP contribution in [-0.4, -0.2) is 20.9 Å². The zero-order chi connectivity index (χ0) is 14.7. The molecule has 2 aromatic rings. The third-order valence-electron chi connectivity index (χ3n) is 3.34. The van der Waals surface area contributed by atoms with Crippen molar-refractivity contribution in [1.29, 1.82) is 5.26 Å². The second-order valence-corrected chi connectivity index (χ2v) is 5.66. The van der Waals surface area contributed by atoms with Gasteiger partial charge in [-0.15, -0.1) is 11.3 Å². The first-order chi connectivity index (χ1) is 10.3. The van der Waals surface area contributed by atoms with Gasteiger partial charge < -0.3 is 10.5 Å². The lowest BCUT2D eigenvalue weighted by Gasteiger charge is -2.08. The van der Waals surface area contributed by atoms with E-state index < -0.39 is 0 Å². The Balaban J connectivity index is 1.88. The van der Waals surface area contributed by atoms with Crippen molar-refractivity contribution in [2.24, 2.45) is 5.16 Å². The van der Waals surface area contributed by atoms with Gasteiger partial charge in [0.1, 0.15) is 10.9 Å². The number of hydrogen-bond acceptors (Lipinski definition) is 7. The molecule has 0 saturated heterocycles. The van der Waals surface area contributed by atoms with E-state index in [4.69, 9.17) is 10.5 Å². The van der Waals surface area contributed by atoms with Crippen LogP contribution in [-0.2, 0) is 6.42 Å². The van der Waals surface area contributed by atoms with E-state index in [0.717, 1.165) is 42.6 Å². The van der Waals surface area contributed by atoms with E-state index >= 15 is 0 Å². The maximum atomic E-state index is 9.08. The Kier molecular flexibility index (Phi) is 3.79. The number of anilines is 2. The molecule has 2 aromatic heterocycles. The van der Waals surface area contributed by atoms with E-state index in [1.165, 1.54) is 11.3 Å². The number of rotatable bonds is 2. The highest BCUT2D eigenvalue weighted by Gasteiger charge is 2.17. The van der Waals surface area contributed by atoms with Crippen molar-refractivity contribution in [3.63, 3.8) is 0 Å². The molecule has 21 heavy (non-hydrogen) atoms. The maximum absolute atomic E-state index is 9.08. The predicted octanol–water partition coefficient (Wildman–Crippen LogP) is 3.06. The summed E-state index contributed by atoms with van der Waals surface area (Å²) in [6.07, 6.45) is 5.28. The van der Waals surface area contributed by atoms with Crippen molar-refractivity contribution in [3.8, 4) is 6.07 Å². The maximum Gasteiger partial charge on any atom is 0.227 e. The normalized spacial score (nSPS) is 16.0. The standard InChI is InChI=1S/C14H13N5OS/c15-6-10-5-9(8-21-10)17-14-16-7-11-12(18-14)3-1-2-4-13(11)19-20/h5,7-8,20H,1-4H2,(H,16,17,18)/b19-13-. The topological polar surface area (TPSA) is 94.2 Å². The molecule has 2 N–H and O–H groups in total. The molecule has 3 rings (SSSR count). The molecule has 7 heteroatoms. The van der Waals surface area contributed by atoms with Crippen LogP contribution in [0.4, 0.5) is 11.6 Å². The van der Waals surface area contributed by atoms with Gasteiger partial charge in [-0.05, 0) is 31.7 Å². The van der Waals surface area contributed by atoms with Crippen LogP contribution in [0.15, 0.2) is 22.8 Å². The molecule has 0 aromatic carbocycles. The molecule has 0 spiro atoms. The molecular weight excluding hydrogens is 286 g/mol. The molecule has 0 fully saturated rings. The zero-order valence-corrected chi connectivity index (χ0v) is 12.0. The lowest BCUT2D eigenvalue weighted by atomic mass is 10.1. The number of nitrogens with zero attached hydrogens (tertiary/aromatic N) is 4. The van der Waals surface area contributed by atoms with Crippen LogP contribution < -0.4 is 5.32 Å². The van der Waals surface area contributed by atoms with E-state index in [-0.39, 0.29) is 0 Å². The molecule has 1 aliphatic rings. The van der Waals surface area contributed by atoms with Crippen molar-refractivity contribution >= 4 is 28.7 Å². The fourth-order valence-corrected chi connectivity index (χ4v) is 2.95. The Morgan fingerprint density at radius 3 is 3.00 bits per heavy atom. The average molecular weight is 299 g/mol. The number of nitriles is 1. The first-order valence-corrected chi connectivity index (χ1v) is 7.51. The van der Waals surface area contributed by atoms with Gasteiger partial charge in [0.25, 0.3) is 0 Å².